The molecule has 0 fully saturated rings. The molecule has 180 valence electrons. The molecule has 4 N–H and O–H groups in total. The molecular formula is C23H18F3N5O4. The number of rotatable bonds is 6. The number of aromatic nitrogens is 1. The smallest absolute Gasteiger partial charge is 0.418 e. The fourth-order valence-corrected chi connectivity index (χ4v) is 3.71. The maximum atomic E-state index is 13.9. The molecule has 0 saturated heterocycles. The van der Waals surface area contributed by atoms with Gasteiger partial charge in [0.2, 0.25) is 0 Å². The SMILES string of the molecule is NC(=O)N(Cc1ccn(-c2cc3c(cc2C(F)(F)F)NC(C=O)C(C(=O)O)=N3)c1)c1ccccc1. The van der Waals surface area contributed by atoms with Gasteiger partial charge in [0.1, 0.15) is 12.3 Å². The Labute approximate surface area is 196 Å². The molecule has 1 atom stereocenters. The second kappa shape index (κ2) is 8.97. The van der Waals surface area contributed by atoms with Gasteiger partial charge in [0.15, 0.2) is 5.71 Å². The van der Waals surface area contributed by atoms with Crippen LogP contribution in [0.25, 0.3) is 5.69 Å². The van der Waals surface area contributed by atoms with Crippen molar-refractivity contribution in [3.8, 4) is 5.69 Å². The summed E-state index contributed by atoms with van der Waals surface area (Å²) in [6, 6.07) is 9.81. The van der Waals surface area contributed by atoms with Gasteiger partial charge in [0.25, 0.3) is 0 Å². The van der Waals surface area contributed by atoms with Crippen LogP contribution in [-0.2, 0) is 22.3 Å². The number of hydrogen-bond acceptors (Lipinski definition) is 5. The highest BCUT2D eigenvalue weighted by Crippen LogP contribution is 2.41. The second-order valence-corrected chi connectivity index (χ2v) is 7.63. The summed E-state index contributed by atoms with van der Waals surface area (Å²) < 4.78 is 43.0. The largest absolute Gasteiger partial charge is 0.477 e. The van der Waals surface area contributed by atoms with E-state index >= 15 is 0 Å². The van der Waals surface area contributed by atoms with Crippen LogP contribution in [0, 0.1) is 0 Å². The molecule has 0 aliphatic carbocycles. The highest BCUT2D eigenvalue weighted by molar-refractivity contribution is 6.42. The Balaban J connectivity index is 1.76. The van der Waals surface area contributed by atoms with Gasteiger partial charge in [0, 0.05) is 18.1 Å². The van der Waals surface area contributed by atoms with Gasteiger partial charge in [0.05, 0.1) is 29.2 Å². The number of aliphatic carboxylic acids is 1. The number of alkyl halides is 3. The minimum absolute atomic E-state index is 0.00250. The van der Waals surface area contributed by atoms with Crippen molar-refractivity contribution >= 4 is 41.1 Å². The number of nitrogens with zero attached hydrogens (tertiary/aromatic N) is 3. The van der Waals surface area contributed by atoms with E-state index in [1.54, 1.807) is 30.3 Å². The highest BCUT2D eigenvalue weighted by Gasteiger charge is 2.37. The zero-order chi connectivity index (χ0) is 25.3. The van der Waals surface area contributed by atoms with Crippen LogP contribution in [0.5, 0.6) is 0 Å². The van der Waals surface area contributed by atoms with Crippen LogP contribution in [0.2, 0.25) is 0 Å². The van der Waals surface area contributed by atoms with E-state index in [2.05, 4.69) is 10.3 Å². The second-order valence-electron chi connectivity index (χ2n) is 7.63. The number of carbonyl (C=O) groups is 3. The van der Waals surface area contributed by atoms with Gasteiger partial charge in [-0.05, 0) is 35.9 Å². The van der Waals surface area contributed by atoms with E-state index in [-0.39, 0.29) is 29.9 Å². The standard InChI is InChI=1S/C23H18F3N5O4/c24-23(25,26)15-8-16-17(29-20(21(33)34)18(12-32)28-16)9-19(15)30-7-6-13(10-30)11-31(22(27)35)14-4-2-1-3-5-14/h1-10,12,18,28H,11H2,(H2,27,35)(H,33,34). The van der Waals surface area contributed by atoms with Gasteiger partial charge in [-0.3, -0.25) is 4.90 Å². The number of fused-ring (bicyclic) bond motifs is 1. The van der Waals surface area contributed by atoms with Crippen LogP contribution in [0.3, 0.4) is 0 Å². The first kappa shape index (κ1) is 23.5. The van der Waals surface area contributed by atoms with Gasteiger partial charge in [-0.1, -0.05) is 18.2 Å². The summed E-state index contributed by atoms with van der Waals surface area (Å²) in [7, 11) is 0. The first-order valence-electron chi connectivity index (χ1n) is 10.2. The predicted molar refractivity (Wildman–Crippen MR) is 121 cm³/mol. The molecular weight excluding hydrogens is 467 g/mol. The van der Waals surface area contributed by atoms with E-state index in [9.17, 15) is 32.7 Å². The van der Waals surface area contributed by atoms with Crippen LogP contribution in [0.1, 0.15) is 11.1 Å². The van der Waals surface area contributed by atoms with E-state index in [4.69, 9.17) is 5.73 Å². The Morgan fingerprint density at radius 3 is 2.51 bits per heavy atom. The van der Waals surface area contributed by atoms with Gasteiger partial charge >= 0.3 is 18.2 Å². The number of carboxylic acids is 1. The number of nitrogens with two attached hydrogens (primary N) is 1. The molecule has 4 rings (SSSR count). The summed E-state index contributed by atoms with van der Waals surface area (Å²) in [4.78, 5) is 39.8. The number of halogens is 3. The van der Waals surface area contributed by atoms with Crippen LogP contribution in [0.15, 0.2) is 65.9 Å². The minimum Gasteiger partial charge on any atom is -0.477 e. The molecule has 35 heavy (non-hydrogen) atoms. The van der Waals surface area contributed by atoms with E-state index in [1.807, 2.05) is 0 Å². The molecule has 1 aromatic heterocycles. The van der Waals surface area contributed by atoms with E-state index < -0.39 is 35.5 Å². The number of aliphatic imine (C=N–C) groups is 1. The topological polar surface area (TPSA) is 130 Å². The Morgan fingerprint density at radius 2 is 1.91 bits per heavy atom. The molecule has 12 heteroatoms. The lowest BCUT2D eigenvalue weighted by Crippen LogP contribution is -2.38. The quantitative estimate of drug-likeness (QED) is 0.458. The number of urea groups is 1. The van der Waals surface area contributed by atoms with Crippen molar-refractivity contribution in [3.05, 3.63) is 72.1 Å². The third-order valence-corrected chi connectivity index (χ3v) is 5.33. The number of nitrogens with one attached hydrogen (secondary N) is 1. The third kappa shape index (κ3) is 4.71. The van der Waals surface area contributed by atoms with Crippen molar-refractivity contribution in [3.63, 3.8) is 0 Å². The highest BCUT2D eigenvalue weighted by atomic mass is 19.4. The average Bonchev–Trinajstić information content (AvgIpc) is 3.29. The Kier molecular flexibility index (Phi) is 6.03. The maximum absolute atomic E-state index is 13.9. The van der Waals surface area contributed by atoms with Crippen molar-refractivity contribution in [2.24, 2.45) is 10.7 Å². The molecule has 0 radical (unpaired) electrons. The fourth-order valence-electron chi connectivity index (χ4n) is 3.71. The zero-order valence-corrected chi connectivity index (χ0v) is 17.9. The average molecular weight is 485 g/mol. The lowest BCUT2D eigenvalue weighted by atomic mass is 10.0. The predicted octanol–water partition coefficient (Wildman–Crippen LogP) is 3.73. The summed E-state index contributed by atoms with van der Waals surface area (Å²) in [6.45, 7) is 0.00250. The zero-order valence-electron chi connectivity index (χ0n) is 17.9. The number of carboxylic acid groups (broad SMARTS) is 1. The summed E-state index contributed by atoms with van der Waals surface area (Å²) in [5.74, 6) is -1.47. The van der Waals surface area contributed by atoms with Crippen molar-refractivity contribution in [1.29, 1.82) is 0 Å². The molecule has 3 aromatic rings. The Hall–Kier alpha value is -4.61. The molecule has 0 saturated carbocycles. The molecule has 2 aromatic carbocycles. The van der Waals surface area contributed by atoms with Crippen LogP contribution < -0.4 is 16.0 Å². The first-order valence-corrected chi connectivity index (χ1v) is 10.2. The number of amides is 2. The van der Waals surface area contributed by atoms with E-state index in [0.717, 1.165) is 12.1 Å². The maximum Gasteiger partial charge on any atom is 0.418 e. The van der Waals surface area contributed by atoms with Crippen LogP contribution in [-0.4, -0.2) is 39.7 Å². The molecule has 1 unspecified atom stereocenters. The first-order chi connectivity index (χ1) is 16.6. The summed E-state index contributed by atoms with van der Waals surface area (Å²) >= 11 is 0. The monoisotopic (exact) mass is 485 g/mol. The Bertz CT molecular complexity index is 1330. The summed E-state index contributed by atoms with van der Waals surface area (Å²) in [5, 5.41) is 11.8. The number of hydrogen-bond donors (Lipinski definition) is 3. The third-order valence-electron chi connectivity index (χ3n) is 5.33. The van der Waals surface area contributed by atoms with Gasteiger partial charge in [-0.2, -0.15) is 13.2 Å². The number of para-hydroxylation sites is 1. The number of primary amides is 1. The van der Waals surface area contributed by atoms with Gasteiger partial charge in [-0.25, -0.2) is 14.6 Å². The lowest BCUT2D eigenvalue weighted by Gasteiger charge is -2.24. The number of aldehydes is 1. The van der Waals surface area contributed by atoms with E-state index in [1.165, 1.54) is 27.9 Å². The van der Waals surface area contributed by atoms with Gasteiger partial charge in [-0.15, -0.1) is 0 Å². The normalized spacial score (nSPS) is 14.9. The molecule has 2 amide bonds. The number of anilines is 2. The van der Waals surface area contributed by atoms with Crippen LogP contribution >= 0.6 is 0 Å². The minimum atomic E-state index is -4.77. The molecule has 1 aliphatic rings. The Morgan fingerprint density at radius 1 is 1.20 bits per heavy atom. The van der Waals surface area contributed by atoms with Crippen molar-refractivity contribution in [2.45, 2.75) is 18.8 Å². The molecule has 9 nitrogen and oxygen atoms in total. The molecule has 2 heterocycles. The number of carbonyl (C=O) groups excluding carboxylic acids is 2. The van der Waals surface area contributed by atoms with Crippen LogP contribution in [0.4, 0.5) is 35.0 Å². The van der Waals surface area contributed by atoms with E-state index in [0.29, 0.717) is 11.3 Å². The van der Waals surface area contributed by atoms with Crippen molar-refractivity contribution < 1.29 is 32.7 Å². The lowest BCUT2D eigenvalue weighted by molar-refractivity contribution is -0.137. The molecule has 0 bridgehead atoms. The fraction of sp³-hybridized carbons (Fsp3) is 0.130. The van der Waals surface area contributed by atoms with Gasteiger partial charge < -0.3 is 25.5 Å². The molecule has 1 aliphatic heterocycles. The summed E-state index contributed by atoms with van der Waals surface area (Å²) in [5.41, 5.74) is 4.43. The molecule has 0 spiro atoms. The summed E-state index contributed by atoms with van der Waals surface area (Å²) in [6.07, 6.45) is -1.73. The van der Waals surface area contributed by atoms with Crippen molar-refractivity contribution in [2.75, 3.05) is 10.2 Å². The van der Waals surface area contributed by atoms with Crippen molar-refractivity contribution in [1.82, 2.24) is 4.57 Å². The number of benzene rings is 2.